The van der Waals surface area contributed by atoms with Crippen molar-refractivity contribution in [1.82, 2.24) is 15.6 Å². The van der Waals surface area contributed by atoms with Crippen LogP contribution in [0, 0.1) is 5.82 Å². The monoisotopic (exact) mass is 460 g/mol. The van der Waals surface area contributed by atoms with Crippen molar-refractivity contribution in [2.45, 2.75) is 38.3 Å². The Kier molecular flexibility index (Phi) is 6.97. The molecule has 0 aliphatic heterocycles. The van der Waals surface area contributed by atoms with Gasteiger partial charge in [-0.15, -0.1) is 35.3 Å². The maximum absolute atomic E-state index is 13.8. The van der Waals surface area contributed by atoms with Crippen LogP contribution in [0.4, 0.5) is 4.39 Å². The van der Waals surface area contributed by atoms with Gasteiger partial charge in [0.1, 0.15) is 10.8 Å². The molecule has 2 N–H and O–H groups in total. The molecule has 0 radical (unpaired) electrons. The number of nitrogens with one attached hydrogen (secondary N) is 2. The zero-order valence-corrected chi connectivity index (χ0v) is 16.9. The first kappa shape index (κ1) is 19.1. The van der Waals surface area contributed by atoms with E-state index in [0.717, 1.165) is 29.4 Å². The number of rotatable bonds is 5. The highest BCUT2D eigenvalue weighted by atomic mass is 127. The highest BCUT2D eigenvalue weighted by molar-refractivity contribution is 14.0. The molecule has 2 atom stereocenters. The smallest absolute Gasteiger partial charge is 0.191 e. The minimum Gasteiger partial charge on any atom is -0.353 e. The lowest BCUT2D eigenvalue weighted by Crippen LogP contribution is -2.38. The molecule has 2 aromatic rings. The van der Waals surface area contributed by atoms with Gasteiger partial charge in [-0.2, -0.15) is 0 Å². The van der Waals surface area contributed by atoms with Gasteiger partial charge in [0.2, 0.25) is 0 Å². The standard InChI is InChI=1S/C17H21FN4S.HI/c1-3-11-9-20-16(23-11)10-21-17(19-2)22-15-8-13(15)12-6-4-5-7-14(12)18;/h4-7,9,13,15H,3,8,10H2,1-2H3,(H2,19,21,22);1H. The van der Waals surface area contributed by atoms with E-state index in [9.17, 15) is 4.39 Å². The minimum atomic E-state index is -0.125. The maximum atomic E-state index is 13.8. The molecule has 1 heterocycles. The van der Waals surface area contributed by atoms with Crippen molar-refractivity contribution in [2.24, 2.45) is 4.99 Å². The third-order valence-electron chi connectivity index (χ3n) is 4.00. The number of nitrogens with zero attached hydrogens (tertiary/aromatic N) is 2. The number of aryl methyl sites for hydroxylation is 1. The molecule has 0 bridgehead atoms. The van der Waals surface area contributed by atoms with Gasteiger partial charge in [0.15, 0.2) is 5.96 Å². The molecule has 1 aromatic carbocycles. The molecular formula is C17H22FIN4S. The Morgan fingerprint density at radius 1 is 1.42 bits per heavy atom. The largest absolute Gasteiger partial charge is 0.353 e. The third kappa shape index (κ3) is 4.66. The second kappa shape index (κ2) is 8.75. The van der Waals surface area contributed by atoms with Crippen LogP contribution < -0.4 is 10.6 Å². The fraction of sp³-hybridized carbons (Fsp3) is 0.412. The van der Waals surface area contributed by atoms with Crippen molar-refractivity contribution < 1.29 is 4.39 Å². The van der Waals surface area contributed by atoms with Gasteiger partial charge in [-0.1, -0.05) is 25.1 Å². The summed E-state index contributed by atoms with van der Waals surface area (Å²) in [6, 6.07) is 7.23. The van der Waals surface area contributed by atoms with E-state index in [0.29, 0.717) is 6.54 Å². The van der Waals surface area contributed by atoms with Crippen molar-refractivity contribution in [2.75, 3.05) is 7.05 Å². The third-order valence-corrected chi connectivity index (χ3v) is 5.14. The fourth-order valence-electron chi connectivity index (χ4n) is 2.60. The molecule has 1 saturated carbocycles. The lowest BCUT2D eigenvalue weighted by Gasteiger charge is -2.11. The molecule has 0 amide bonds. The Morgan fingerprint density at radius 3 is 2.88 bits per heavy atom. The molecule has 4 nitrogen and oxygen atoms in total. The lowest BCUT2D eigenvalue weighted by atomic mass is 10.1. The SMILES string of the molecule is CCc1cnc(CNC(=NC)NC2CC2c2ccccc2F)s1.I. The van der Waals surface area contributed by atoms with Crippen LogP contribution >= 0.6 is 35.3 Å². The maximum Gasteiger partial charge on any atom is 0.191 e. The fourth-order valence-corrected chi connectivity index (χ4v) is 3.40. The van der Waals surface area contributed by atoms with Gasteiger partial charge in [0, 0.05) is 30.1 Å². The Morgan fingerprint density at radius 2 is 2.21 bits per heavy atom. The van der Waals surface area contributed by atoms with Crippen LogP contribution in [0.3, 0.4) is 0 Å². The summed E-state index contributed by atoms with van der Waals surface area (Å²) in [7, 11) is 1.75. The summed E-state index contributed by atoms with van der Waals surface area (Å²) in [6.07, 6.45) is 3.86. The summed E-state index contributed by atoms with van der Waals surface area (Å²) in [6.45, 7) is 2.78. The van der Waals surface area contributed by atoms with Gasteiger partial charge in [-0.05, 0) is 24.5 Å². The first-order valence-corrected chi connectivity index (χ1v) is 8.68. The topological polar surface area (TPSA) is 49.3 Å². The van der Waals surface area contributed by atoms with E-state index in [2.05, 4.69) is 27.5 Å². The second-order valence-corrected chi connectivity index (χ2v) is 6.81. The first-order valence-electron chi connectivity index (χ1n) is 7.86. The van der Waals surface area contributed by atoms with Gasteiger partial charge in [-0.25, -0.2) is 9.37 Å². The molecule has 1 aliphatic carbocycles. The average Bonchev–Trinajstić information content (AvgIpc) is 3.17. The molecule has 24 heavy (non-hydrogen) atoms. The van der Waals surface area contributed by atoms with Crippen LogP contribution in [0.1, 0.15) is 34.7 Å². The summed E-state index contributed by atoms with van der Waals surface area (Å²) in [5, 5.41) is 7.68. The van der Waals surface area contributed by atoms with Crippen molar-refractivity contribution in [3.63, 3.8) is 0 Å². The van der Waals surface area contributed by atoms with E-state index < -0.39 is 0 Å². The van der Waals surface area contributed by atoms with Crippen LogP contribution in [-0.2, 0) is 13.0 Å². The van der Waals surface area contributed by atoms with E-state index in [1.54, 1.807) is 24.5 Å². The predicted molar refractivity (Wildman–Crippen MR) is 108 cm³/mol. The highest BCUT2D eigenvalue weighted by Crippen LogP contribution is 2.41. The van der Waals surface area contributed by atoms with Gasteiger partial charge in [0.05, 0.1) is 6.54 Å². The summed E-state index contributed by atoms with van der Waals surface area (Å²) in [4.78, 5) is 9.91. The summed E-state index contributed by atoms with van der Waals surface area (Å²) >= 11 is 1.71. The molecule has 0 spiro atoms. The van der Waals surface area contributed by atoms with Crippen LogP contribution in [-0.4, -0.2) is 24.0 Å². The van der Waals surface area contributed by atoms with Crippen molar-refractivity contribution in [3.8, 4) is 0 Å². The number of aromatic nitrogens is 1. The number of hydrogen-bond donors (Lipinski definition) is 2. The zero-order chi connectivity index (χ0) is 16.2. The number of halogens is 2. The van der Waals surface area contributed by atoms with Crippen molar-refractivity contribution in [3.05, 3.63) is 51.7 Å². The van der Waals surface area contributed by atoms with Gasteiger partial charge in [-0.3, -0.25) is 4.99 Å². The second-order valence-electron chi connectivity index (χ2n) is 5.61. The van der Waals surface area contributed by atoms with Gasteiger partial charge >= 0.3 is 0 Å². The molecule has 0 saturated heterocycles. The number of aliphatic imine (C=N–C) groups is 1. The lowest BCUT2D eigenvalue weighted by molar-refractivity contribution is 0.607. The molecular weight excluding hydrogens is 438 g/mol. The quantitative estimate of drug-likeness (QED) is 0.407. The zero-order valence-electron chi connectivity index (χ0n) is 13.8. The Hall–Kier alpha value is -1.22. The highest BCUT2D eigenvalue weighted by Gasteiger charge is 2.40. The van der Waals surface area contributed by atoms with Crippen LogP contribution in [0.2, 0.25) is 0 Å². The first-order chi connectivity index (χ1) is 11.2. The number of thiazole rings is 1. The molecule has 3 rings (SSSR count). The molecule has 2 unspecified atom stereocenters. The Balaban J connectivity index is 0.00000208. The van der Waals surface area contributed by atoms with E-state index in [4.69, 9.17) is 0 Å². The van der Waals surface area contributed by atoms with Crippen LogP contribution in [0.5, 0.6) is 0 Å². The van der Waals surface area contributed by atoms with Crippen LogP contribution in [0.25, 0.3) is 0 Å². The van der Waals surface area contributed by atoms with E-state index in [-0.39, 0.29) is 41.8 Å². The molecule has 1 aliphatic rings. The normalized spacial score (nSPS) is 19.5. The van der Waals surface area contributed by atoms with Gasteiger partial charge < -0.3 is 10.6 Å². The number of benzene rings is 1. The molecule has 1 aromatic heterocycles. The average molecular weight is 460 g/mol. The molecule has 130 valence electrons. The van der Waals surface area contributed by atoms with E-state index in [1.807, 2.05) is 18.3 Å². The summed E-state index contributed by atoms with van der Waals surface area (Å²) < 4.78 is 13.8. The Labute approximate surface area is 163 Å². The van der Waals surface area contributed by atoms with Crippen molar-refractivity contribution in [1.29, 1.82) is 0 Å². The van der Waals surface area contributed by atoms with E-state index >= 15 is 0 Å². The molecule has 1 fully saturated rings. The summed E-state index contributed by atoms with van der Waals surface area (Å²) in [5.41, 5.74) is 0.785. The minimum absolute atomic E-state index is 0. The predicted octanol–water partition coefficient (Wildman–Crippen LogP) is 3.68. The number of guanidine groups is 1. The van der Waals surface area contributed by atoms with Gasteiger partial charge in [0.25, 0.3) is 0 Å². The molecule has 7 heteroatoms. The Bertz CT molecular complexity index is 703. The van der Waals surface area contributed by atoms with Crippen molar-refractivity contribution >= 4 is 41.3 Å². The summed E-state index contributed by atoms with van der Waals surface area (Å²) in [5.74, 6) is 0.836. The number of hydrogen-bond acceptors (Lipinski definition) is 3. The van der Waals surface area contributed by atoms with E-state index in [1.165, 1.54) is 10.9 Å². The van der Waals surface area contributed by atoms with Crippen LogP contribution in [0.15, 0.2) is 35.5 Å².